The van der Waals surface area contributed by atoms with Gasteiger partial charge in [-0.2, -0.15) is 0 Å². The summed E-state index contributed by atoms with van der Waals surface area (Å²) in [5, 5.41) is 1.18. The maximum Gasteiger partial charge on any atom is 0.134 e. The first-order valence-corrected chi connectivity index (χ1v) is 8.19. The number of benzene rings is 1. The first-order chi connectivity index (χ1) is 10.2. The molecular formula is C18H24N2O. The first-order valence-electron chi connectivity index (χ1n) is 8.19. The van der Waals surface area contributed by atoms with E-state index in [-0.39, 0.29) is 6.04 Å². The lowest BCUT2D eigenvalue weighted by atomic mass is 9.84. The minimum atomic E-state index is 0.141. The van der Waals surface area contributed by atoms with Gasteiger partial charge in [-0.3, -0.25) is 5.84 Å². The van der Waals surface area contributed by atoms with Crippen LogP contribution in [0.2, 0.25) is 0 Å². The molecule has 0 radical (unpaired) electrons. The van der Waals surface area contributed by atoms with Gasteiger partial charge in [0.15, 0.2) is 0 Å². The first kappa shape index (κ1) is 13.4. The molecule has 3 N–H and O–H groups in total. The Morgan fingerprint density at radius 2 is 2.19 bits per heavy atom. The second-order valence-electron chi connectivity index (χ2n) is 7.08. The molecule has 3 nitrogen and oxygen atoms in total. The van der Waals surface area contributed by atoms with Gasteiger partial charge in [0.05, 0.1) is 6.04 Å². The van der Waals surface area contributed by atoms with Crippen molar-refractivity contribution in [3.8, 4) is 0 Å². The number of hydrazine groups is 1. The molecule has 2 aliphatic carbocycles. The van der Waals surface area contributed by atoms with Gasteiger partial charge in [-0.05, 0) is 68.6 Å². The van der Waals surface area contributed by atoms with Crippen molar-refractivity contribution in [2.75, 3.05) is 0 Å². The van der Waals surface area contributed by atoms with E-state index in [4.69, 9.17) is 10.3 Å². The van der Waals surface area contributed by atoms with E-state index in [1.807, 2.05) is 0 Å². The highest BCUT2D eigenvalue weighted by Crippen LogP contribution is 2.51. The molecule has 0 spiro atoms. The Hall–Kier alpha value is -1.32. The van der Waals surface area contributed by atoms with Gasteiger partial charge in [-0.1, -0.05) is 18.1 Å². The van der Waals surface area contributed by atoms with E-state index in [1.165, 1.54) is 36.6 Å². The van der Waals surface area contributed by atoms with Crippen LogP contribution in [0.3, 0.4) is 0 Å². The monoisotopic (exact) mass is 284 g/mol. The van der Waals surface area contributed by atoms with E-state index in [2.05, 4.69) is 36.6 Å². The lowest BCUT2D eigenvalue weighted by Gasteiger charge is -2.25. The van der Waals surface area contributed by atoms with Gasteiger partial charge in [0, 0.05) is 5.39 Å². The van der Waals surface area contributed by atoms with Crippen molar-refractivity contribution in [3.63, 3.8) is 0 Å². The van der Waals surface area contributed by atoms with Crippen LogP contribution in [0.4, 0.5) is 0 Å². The summed E-state index contributed by atoms with van der Waals surface area (Å²) in [6.45, 7) is 2.11. The number of fused-ring (bicyclic) bond motifs is 3. The molecule has 1 aromatic carbocycles. The van der Waals surface area contributed by atoms with Gasteiger partial charge >= 0.3 is 0 Å². The van der Waals surface area contributed by atoms with Crippen LogP contribution in [-0.2, 0) is 0 Å². The number of aryl methyl sites for hydroxylation is 1. The summed E-state index contributed by atoms with van der Waals surface area (Å²) in [6, 6.07) is 8.62. The highest BCUT2D eigenvalue weighted by atomic mass is 16.3. The fraction of sp³-hybridized carbons (Fsp3) is 0.556. The van der Waals surface area contributed by atoms with Crippen molar-refractivity contribution in [1.29, 1.82) is 0 Å². The summed E-state index contributed by atoms with van der Waals surface area (Å²) in [5.41, 5.74) is 5.21. The molecule has 4 unspecified atom stereocenters. The van der Waals surface area contributed by atoms with Gasteiger partial charge in [-0.25, -0.2) is 5.43 Å². The Balaban J connectivity index is 1.56. The molecule has 21 heavy (non-hydrogen) atoms. The van der Waals surface area contributed by atoms with Crippen LogP contribution in [0, 0.1) is 24.7 Å². The molecule has 2 saturated carbocycles. The van der Waals surface area contributed by atoms with Gasteiger partial charge in [0.1, 0.15) is 11.3 Å². The van der Waals surface area contributed by atoms with Gasteiger partial charge in [-0.15, -0.1) is 0 Å². The molecule has 4 rings (SSSR count). The van der Waals surface area contributed by atoms with E-state index in [9.17, 15) is 0 Å². The summed E-state index contributed by atoms with van der Waals surface area (Å²) in [7, 11) is 0. The molecule has 2 fully saturated rings. The number of nitrogens with one attached hydrogen (secondary N) is 1. The molecule has 2 aliphatic rings. The molecule has 4 atom stereocenters. The highest BCUT2D eigenvalue weighted by Gasteiger charge is 2.40. The predicted octanol–water partition coefficient (Wildman–Crippen LogP) is 4.07. The largest absolute Gasteiger partial charge is 0.459 e. The number of hydrogen-bond acceptors (Lipinski definition) is 3. The van der Waals surface area contributed by atoms with Crippen molar-refractivity contribution in [1.82, 2.24) is 5.43 Å². The van der Waals surface area contributed by atoms with Crippen LogP contribution < -0.4 is 11.3 Å². The summed E-state index contributed by atoms with van der Waals surface area (Å²) in [4.78, 5) is 0. The Morgan fingerprint density at radius 3 is 2.90 bits per heavy atom. The summed E-state index contributed by atoms with van der Waals surface area (Å²) < 4.78 is 6.02. The van der Waals surface area contributed by atoms with E-state index >= 15 is 0 Å². The Bertz CT molecular complexity index is 648. The third-order valence-electron chi connectivity index (χ3n) is 5.66. The molecule has 2 aromatic rings. The third kappa shape index (κ3) is 2.39. The fourth-order valence-electron chi connectivity index (χ4n) is 4.59. The molecule has 0 amide bonds. The fourth-order valence-corrected chi connectivity index (χ4v) is 4.59. The van der Waals surface area contributed by atoms with Crippen LogP contribution >= 0.6 is 0 Å². The zero-order valence-electron chi connectivity index (χ0n) is 12.6. The number of rotatable bonds is 4. The Labute approximate surface area is 125 Å². The number of furan rings is 1. The van der Waals surface area contributed by atoms with Crippen LogP contribution in [0.15, 0.2) is 28.7 Å². The lowest BCUT2D eigenvalue weighted by Crippen LogP contribution is -2.30. The zero-order valence-corrected chi connectivity index (χ0v) is 12.6. The van der Waals surface area contributed by atoms with Gasteiger partial charge < -0.3 is 4.42 Å². The molecule has 0 saturated heterocycles. The average molecular weight is 284 g/mol. The SMILES string of the molecule is Cc1ccc2oc(C(CC3CC4CCC3C4)NN)cc2c1. The second-order valence-corrected chi connectivity index (χ2v) is 7.08. The van der Waals surface area contributed by atoms with Crippen LogP contribution in [0.1, 0.15) is 49.5 Å². The lowest BCUT2D eigenvalue weighted by molar-refractivity contribution is 0.266. The van der Waals surface area contributed by atoms with Gasteiger partial charge in [0.25, 0.3) is 0 Å². The molecular weight excluding hydrogens is 260 g/mol. The van der Waals surface area contributed by atoms with Crippen LogP contribution in [0.5, 0.6) is 0 Å². The second kappa shape index (κ2) is 5.15. The third-order valence-corrected chi connectivity index (χ3v) is 5.66. The minimum absolute atomic E-state index is 0.141. The zero-order chi connectivity index (χ0) is 14.4. The number of hydrogen-bond donors (Lipinski definition) is 2. The summed E-state index contributed by atoms with van der Waals surface area (Å²) in [5.74, 6) is 9.54. The van der Waals surface area contributed by atoms with E-state index < -0.39 is 0 Å². The predicted molar refractivity (Wildman–Crippen MR) is 84.6 cm³/mol. The van der Waals surface area contributed by atoms with Crippen molar-refractivity contribution in [2.24, 2.45) is 23.6 Å². The van der Waals surface area contributed by atoms with E-state index in [0.717, 1.165) is 35.5 Å². The summed E-state index contributed by atoms with van der Waals surface area (Å²) >= 11 is 0. The molecule has 3 heteroatoms. The van der Waals surface area contributed by atoms with Crippen LogP contribution in [-0.4, -0.2) is 0 Å². The topological polar surface area (TPSA) is 51.2 Å². The quantitative estimate of drug-likeness (QED) is 0.657. The van der Waals surface area contributed by atoms with Crippen molar-refractivity contribution in [3.05, 3.63) is 35.6 Å². The molecule has 1 aromatic heterocycles. The number of nitrogens with two attached hydrogens (primary N) is 1. The Kier molecular flexibility index (Phi) is 3.27. The van der Waals surface area contributed by atoms with Crippen LogP contribution in [0.25, 0.3) is 11.0 Å². The molecule has 2 bridgehead atoms. The van der Waals surface area contributed by atoms with Crippen molar-refractivity contribution < 1.29 is 4.42 Å². The maximum atomic E-state index is 6.02. The molecule has 1 heterocycles. The molecule has 0 aliphatic heterocycles. The average Bonchev–Trinajstić information content (AvgIpc) is 3.18. The standard InChI is InChI=1S/C18H24N2O/c1-11-2-5-17-15(6-11)10-18(21-17)16(20-19)9-14-8-12-3-4-13(14)7-12/h2,5-6,10,12-14,16,20H,3-4,7-9,19H2,1H3. The maximum absolute atomic E-state index is 6.02. The highest BCUT2D eigenvalue weighted by molar-refractivity contribution is 5.78. The van der Waals surface area contributed by atoms with E-state index in [0.29, 0.717) is 0 Å². The van der Waals surface area contributed by atoms with Crippen molar-refractivity contribution in [2.45, 2.75) is 45.1 Å². The van der Waals surface area contributed by atoms with Gasteiger partial charge in [0.2, 0.25) is 0 Å². The smallest absolute Gasteiger partial charge is 0.134 e. The Morgan fingerprint density at radius 1 is 1.29 bits per heavy atom. The van der Waals surface area contributed by atoms with Crippen molar-refractivity contribution >= 4 is 11.0 Å². The van der Waals surface area contributed by atoms with E-state index in [1.54, 1.807) is 0 Å². The normalized spacial score (nSPS) is 29.3. The molecule has 112 valence electrons. The minimum Gasteiger partial charge on any atom is -0.459 e. The summed E-state index contributed by atoms with van der Waals surface area (Å²) in [6.07, 6.45) is 6.82.